The molecular weight excluding hydrogens is 195 g/mol. The number of aromatic nitrogens is 2. The van der Waals surface area contributed by atoms with E-state index < -0.39 is 5.82 Å². The van der Waals surface area contributed by atoms with Crippen LogP contribution in [-0.4, -0.2) is 9.55 Å². The summed E-state index contributed by atoms with van der Waals surface area (Å²) in [6.45, 7) is 1.92. The van der Waals surface area contributed by atoms with Crippen LogP contribution in [0.25, 0.3) is 5.69 Å². The molecule has 0 fully saturated rings. The van der Waals surface area contributed by atoms with Gasteiger partial charge in [-0.2, -0.15) is 0 Å². The molecule has 0 atom stereocenters. The fraction of sp³-hybridized carbons (Fsp3) is 0.182. The maximum atomic E-state index is 13.5. The van der Waals surface area contributed by atoms with Crippen molar-refractivity contribution in [3.05, 3.63) is 52.5 Å². The predicted octanol–water partition coefficient (Wildman–Crippen LogP) is 1.87. The minimum absolute atomic E-state index is 0.292. The Balaban J connectivity index is 2.68. The highest BCUT2D eigenvalue weighted by Gasteiger charge is 2.09. The highest BCUT2D eigenvalue weighted by atomic mass is 19.1. The minimum Gasteiger partial charge on any atom is -0.312 e. The second-order valence-electron chi connectivity index (χ2n) is 3.23. The molecule has 0 aliphatic rings. The first-order chi connectivity index (χ1) is 7.24. The van der Waals surface area contributed by atoms with Gasteiger partial charge in [0, 0.05) is 11.9 Å². The van der Waals surface area contributed by atoms with Crippen LogP contribution in [0.3, 0.4) is 0 Å². The van der Waals surface area contributed by atoms with Gasteiger partial charge in [0.1, 0.15) is 5.82 Å². The van der Waals surface area contributed by atoms with Crippen LogP contribution in [0, 0.1) is 5.82 Å². The van der Waals surface area contributed by atoms with Gasteiger partial charge in [-0.15, -0.1) is 0 Å². The van der Waals surface area contributed by atoms with Crippen molar-refractivity contribution >= 4 is 0 Å². The number of para-hydroxylation sites is 1. The van der Waals surface area contributed by atoms with Gasteiger partial charge >= 0.3 is 5.69 Å². The molecule has 1 heterocycles. The number of hydrogen-bond acceptors (Lipinski definition) is 1. The highest BCUT2D eigenvalue weighted by molar-refractivity contribution is 5.35. The number of benzene rings is 1. The van der Waals surface area contributed by atoms with Crippen molar-refractivity contribution < 1.29 is 4.39 Å². The molecule has 0 amide bonds. The van der Waals surface area contributed by atoms with E-state index in [1.807, 2.05) is 6.92 Å². The molecule has 1 aromatic carbocycles. The van der Waals surface area contributed by atoms with E-state index in [9.17, 15) is 9.18 Å². The van der Waals surface area contributed by atoms with Crippen LogP contribution in [0.2, 0.25) is 0 Å². The lowest BCUT2D eigenvalue weighted by Gasteiger charge is -2.05. The average molecular weight is 206 g/mol. The third-order valence-electron chi connectivity index (χ3n) is 2.31. The molecule has 0 spiro atoms. The van der Waals surface area contributed by atoms with E-state index in [4.69, 9.17) is 0 Å². The molecule has 15 heavy (non-hydrogen) atoms. The Kier molecular flexibility index (Phi) is 2.41. The van der Waals surface area contributed by atoms with E-state index in [0.29, 0.717) is 12.1 Å². The number of nitrogens with zero attached hydrogens (tertiary/aromatic N) is 1. The summed E-state index contributed by atoms with van der Waals surface area (Å²) in [7, 11) is 0. The summed E-state index contributed by atoms with van der Waals surface area (Å²) in [4.78, 5) is 14.0. The lowest BCUT2D eigenvalue weighted by molar-refractivity contribution is 0.614. The summed E-state index contributed by atoms with van der Waals surface area (Å²) >= 11 is 0. The summed E-state index contributed by atoms with van der Waals surface area (Å²) in [6, 6.07) is 6.23. The van der Waals surface area contributed by atoms with Crippen molar-refractivity contribution in [2.75, 3.05) is 0 Å². The number of aryl methyl sites for hydroxylation is 1. The molecule has 0 radical (unpaired) electrons. The first kappa shape index (κ1) is 9.71. The summed E-state index contributed by atoms with van der Waals surface area (Å²) in [5.74, 6) is -0.395. The molecule has 0 unspecified atom stereocenters. The van der Waals surface area contributed by atoms with Gasteiger partial charge in [0.25, 0.3) is 0 Å². The molecule has 4 heteroatoms. The maximum Gasteiger partial charge on any atom is 0.330 e. The van der Waals surface area contributed by atoms with Crippen molar-refractivity contribution in [3.8, 4) is 5.69 Å². The van der Waals surface area contributed by atoms with Gasteiger partial charge in [0.05, 0.1) is 5.69 Å². The summed E-state index contributed by atoms with van der Waals surface area (Å²) in [6.07, 6.45) is 2.28. The zero-order valence-electron chi connectivity index (χ0n) is 8.33. The molecule has 0 saturated carbocycles. The van der Waals surface area contributed by atoms with Crippen LogP contribution in [-0.2, 0) is 6.42 Å². The SMILES string of the molecule is CCc1c[nH]c(=O)n1-c1ccccc1F. The predicted molar refractivity (Wildman–Crippen MR) is 55.7 cm³/mol. The Morgan fingerprint density at radius 1 is 1.40 bits per heavy atom. The highest BCUT2D eigenvalue weighted by Crippen LogP contribution is 2.12. The second-order valence-corrected chi connectivity index (χ2v) is 3.23. The number of imidazole rings is 1. The standard InChI is InChI=1S/C11H11FN2O/c1-2-8-7-13-11(15)14(8)10-6-4-3-5-9(10)12/h3-7H,2H2,1H3,(H,13,15). The van der Waals surface area contributed by atoms with E-state index in [2.05, 4.69) is 4.98 Å². The normalized spacial score (nSPS) is 10.5. The topological polar surface area (TPSA) is 37.8 Å². The molecule has 0 aliphatic heterocycles. The van der Waals surface area contributed by atoms with Crippen molar-refractivity contribution in [3.63, 3.8) is 0 Å². The Morgan fingerprint density at radius 3 is 2.80 bits per heavy atom. The van der Waals surface area contributed by atoms with Crippen molar-refractivity contribution in [2.45, 2.75) is 13.3 Å². The Hall–Kier alpha value is -1.84. The van der Waals surface area contributed by atoms with Crippen molar-refractivity contribution in [1.29, 1.82) is 0 Å². The van der Waals surface area contributed by atoms with Gasteiger partial charge < -0.3 is 4.98 Å². The van der Waals surface area contributed by atoms with Crippen LogP contribution < -0.4 is 5.69 Å². The molecule has 1 aromatic heterocycles. The maximum absolute atomic E-state index is 13.5. The molecular formula is C11H11FN2O. The minimum atomic E-state index is -0.395. The van der Waals surface area contributed by atoms with Gasteiger partial charge in [-0.05, 0) is 18.6 Å². The number of H-pyrrole nitrogens is 1. The Morgan fingerprint density at radius 2 is 2.13 bits per heavy atom. The van der Waals surface area contributed by atoms with Crippen molar-refractivity contribution in [2.24, 2.45) is 0 Å². The molecule has 0 aliphatic carbocycles. The second kappa shape index (κ2) is 3.73. The number of aromatic amines is 1. The fourth-order valence-corrected chi connectivity index (χ4v) is 1.56. The zero-order valence-corrected chi connectivity index (χ0v) is 8.33. The first-order valence-corrected chi connectivity index (χ1v) is 4.78. The van der Waals surface area contributed by atoms with Gasteiger partial charge in [-0.25, -0.2) is 9.18 Å². The summed E-state index contributed by atoms with van der Waals surface area (Å²) in [5.41, 5.74) is 0.752. The van der Waals surface area contributed by atoms with Crippen LogP contribution in [0.5, 0.6) is 0 Å². The molecule has 1 N–H and O–H groups in total. The first-order valence-electron chi connectivity index (χ1n) is 4.78. The van der Waals surface area contributed by atoms with Gasteiger partial charge in [-0.3, -0.25) is 4.57 Å². The van der Waals surface area contributed by atoms with Crippen LogP contribution in [0.4, 0.5) is 4.39 Å². The molecule has 2 rings (SSSR count). The fourth-order valence-electron chi connectivity index (χ4n) is 1.56. The van der Waals surface area contributed by atoms with Crippen LogP contribution in [0.1, 0.15) is 12.6 Å². The van der Waals surface area contributed by atoms with E-state index in [-0.39, 0.29) is 5.69 Å². The third-order valence-corrected chi connectivity index (χ3v) is 2.31. The summed E-state index contributed by atoms with van der Waals surface area (Å²) < 4.78 is 14.8. The largest absolute Gasteiger partial charge is 0.330 e. The average Bonchev–Trinajstić information content (AvgIpc) is 2.60. The Labute approximate surface area is 86.2 Å². The number of nitrogens with one attached hydrogen (secondary N) is 1. The summed E-state index contributed by atoms with van der Waals surface area (Å²) in [5, 5.41) is 0. The van der Waals surface area contributed by atoms with Crippen LogP contribution in [0.15, 0.2) is 35.3 Å². The van der Waals surface area contributed by atoms with Gasteiger partial charge in [0.2, 0.25) is 0 Å². The third kappa shape index (κ3) is 1.58. The van der Waals surface area contributed by atoms with E-state index in [1.54, 1.807) is 24.4 Å². The lowest BCUT2D eigenvalue weighted by atomic mass is 10.3. The quantitative estimate of drug-likeness (QED) is 0.800. The smallest absolute Gasteiger partial charge is 0.312 e. The van der Waals surface area contributed by atoms with E-state index in [1.165, 1.54) is 10.6 Å². The molecule has 0 bridgehead atoms. The van der Waals surface area contributed by atoms with Gasteiger partial charge in [0.15, 0.2) is 0 Å². The molecule has 78 valence electrons. The molecule has 3 nitrogen and oxygen atoms in total. The zero-order chi connectivity index (χ0) is 10.8. The lowest BCUT2D eigenvalue weighted by Crippen LogP contribution is -2.17. The van der Waals surface area contributed by atoms with Crippen LogP contribution >= 0.6 is 0 Å². The Bertz CT molecular complexity index is 527. The van der Waals surface area contributed by atoms with Crippen molar-refractivity contribution in [1.82, 2.24) is 9.55 Å². The van der Waals surface area contributed by atoms with E-state index in [0.717, 1.165) is 5.69 Å². The number of halogens is 1. The number of hydrogen-bond donors (Lipinski definition) is 1. The number of rotatable bonds is 2. The van der Waals surface area contributed by atoms with Gasteiger partial charge in [-0.1, -0.05) is 19.1 Å². The monoisotopic (exact) mass is 206 g/mol. The molecule has 0 saturated heterocycles. The van der Waals surface area contributed by atoms with E-state index >= 15 is 0 Å². The molecule has 2 aromatic rings.